The van der Waals surface area contributed by atoms with Crippen molar-refractivity contribution in [3.05, 3.63) is 5.82 Å². The average Bonchev–Trinajstić information content (AvgIpc) is 2.82. The minimum atomic E-state index is -0.915. The highest BCUT2D eigenvalue weighted by Crippen LogP contribution is 2.40. The van der Waals surface area contributed by atoms with Gasteiger partial charge in [-0.25, -0.2) is 9.48 Å². The molecule has 1 aromatic heterocycles. The van der Waals surface area contributed by atoms with Crippen LogP contribution < -0.4 is 0 Å². The van der Waals surface area contributed by atoms with Crippen LogP contribution >= 0.6 is 0 Å². The van der Waals surface area contributed by atoms with Crippen molar-refractivity contribution in [3.8, 4) is 0 Å². The van der Waals surface area contributed by atoms with Crippen molar-refractivity contribution in [1.82, 2.24) is 20.2 Å². The highest BCUT2D eigenvalue weighted by atomic mass is 16.5. The Labute approximate surface area is 97.8 Å². The average molecular weight is 238 g/mol. The molecule has 92 valence electrons. The number of hydrogen-bond acceptors (Lipinski definition) is 5. The van der Waals surface area contributed by atoms with E-state index in [4.69, 9.17) is 4.74 Å². The number of carboxylic acids is 1. The van der Waals surface area contributed by atoms with E-state index in [0.717, 1.165) is 12.8 Å². The van der Waals surface area contributed by atoms with Gasteiger partial charge in [-0.15, -0.1) is 5.10 Å². The molecule has 1 atom stereocenters. The number of rotatable bonds is 3. The summed E-state index contributed by atoms with van der Waals surface area (Å²) in [4.78, 5) is 11.4. The Bertz CT molecular complexity index is 435. The van der Waals surface area contributed by atoms with Crippen molar-refractivity contribution < 1.29 is 14.6 Å². The zero-order valence-electron chi connectivity index (χ0n) is 9.37. The fourth-order valence-electron chi connectivity index (χ4n) is 2.52. The first-order valence-corrected chi connectivity index (χ1v) is 5.84. The maximum absolute atomic E-state index is 11.4. The molecule has 1 unspecified atom stereocenters. The number of tetrazole rings is 1. The highest BCUT2D eigenvalue weighted by molar-refractivity contribution is 5.77. The standard InChI is InChI=1S/C10H14N4O3/c15-9(16)10(3-1-4-10)14-8(11-12-13-14)7-2-5-17-6-7/h7H,1-6H2,(H,15,16). The zero-order valence-corrected chi connectivity index (χ0v) is 9.37. The number of carboxylic acid groups (broad SMARTS) is 1. The van der Waals surface area contributed by atoms with Gasteiger partial charge in [-0.3, -0.25) is 0 Å². The van der Waals surface area contributed by atoms with E-state index in [1.54, 1.807) is 0 Å². The summed E-state index contributed by atoms with van der Waals surface area (Å²) in [5, 5.41) is 20.9. The molecule has 0 amide bonds. The molecule has 1 N–H and O–H groups in total. The maximum Gasteiger partial charge on any atom is 0.331 e. The third-order valence-electron chi connectivity index (χ3n) is 3.77. The first kappa shape index (κ1) is 10.6. The third-order valence-corrected chi connectivity index (χ3v) is 3.77. The maximum atomic E-state index is 11.4. The lowest BCUT2D eigenvalue weighted by Gasteiger charge is -2.38. The summed E-state index contributed by atoms with van der Waals surface area (Å²) in [5.41, 5.74) is -0.915. The second kappa shape index (κ2) is 3.76. The summed E-state index contributed by atoms with van der Waals surface area (Å²) in [6, 6.07) is 0. The van der Waals surface area contributed by atoms with Crippen LogP contribution in [0.1, 0.15) is 37.4 Å². The van der Waals surface area contributed by atoms with Crippen LogP contribution in [0, 0.1) is 0 Å². The smallest absolute Gasteiger partial charge is 0.331 e. The molecule has 0 spiro atoms. The van der Waals surface area contributed by atoms with Gasteiger partial charge in [0.05, 0.1) is 6.61 Å². The minimum absolute atomic E-state index is 0.127. The Morgan fingerprint density at radius 2 is 2.35 bits per heavy atom. The van der Waals surface area contributed by atoms with Crippen LogP contribution in [0.15, 0.2) is 0 Å². The van der Waals surface area contributed by atoms with Crippen LogP contribution in [0.25, 0.3) is 0 Å². The molecule has 1 saturated heterocycles. The molecular weight excluding hydrogens is 224 g/mol. The third kappa shape index (κ3) is 1.45. The van der Waals surface area contributed by atoms with Crippen molar-refractivity contribution >= 4 is 5.97 Å². The summed E-state index contributed by atoms with van der Waals surface area (Å²) in [6.07, 6.45) is 2.98. The van der Waals surface area contributed by atoms with Crippen molar-refractivity contribution in [1.29, 1.82) is 0 Å². The summed E-state index contributed by atoms with van der Waals surface area (Å²) < 4.78 is 6.82. The van der Waals surface area contributed by atoms with Gasteiger partial charge in [0.1, 0.15) is 0 Å². The summed E-state index contributed by atoms with van der Waals surface area (Å²) >= 11 is 0. The number of nitrogens with zero attached hydrogens (tertiary/aromatic N) is 4. The van der Waals surface area contributed by atoms with Gasteiger partial charge in [0.15, 0.2) is 11.4 Å². The molecule has 2 fully saturated rings. The molecule has 2 heterocycles. The topological polar surface area (TPSA) is 90.1 Å². The number of hydrogen-bond donors (Lipinski definition) is 1. The van der Waals surface area contributed by atoms with Crippen LogP contribution in [-0.4, -0.2) is 44.5 Å². The molecule has 0 radical (unpaired) electrons. The molecule has 1 aromatic rings. The van der Waals surface area contributed by atoms with Gasteiger partial charge in [-0.2, -0.15) is 0 Å². The number of aromatic nitrogens is 4. The second-order valence-electron chi connectivity index (χ2n) is 4.70. The lowest BCUT2D eigenvalue weighted by Crippen LogP contribution is -2.49. The lowest BCUT2D eigenvalue weighted by atomic mass is 9.76. The minimum Gasteiger partial charge on any atom is -0.479 e. The highest BCUT2D eigenvalue weighted by Gasteiger charge is 2.49. The Balaban J connectivity index is 1.97. The van der Waals surface area contributed by atoms with Crippen molar-refractivity contribution in [2.45, 2.75) is 37.1 Å². The SMILES string of the molecule is O=C(O)C1(n2nnnc2C2CCOC2)CCC1. The van der Waals surface area contributed by atoms with Crippen LogP contribution in [0.5, 0.6) is 0 Å². The Kier molecular flexibility index (Phi) is 2.36. The van der Waals surface area contributed by atoms with Crippen LogP contribution in [-0.2, 0) is 15.1 Å². The van der Waals surface area contributed by atoms with E-state index in [-0.39, 0.29) is 5.92 Å². The monoisotopic (exact) mass is 238 g/mol. The largest absolute Gasteiger partial charge is 0.479 e. The molecule has 7 nitrogen and oxygen atoms in total. The second-order valence-corrected chi connectivity index (χ2v) is 4.70. The molecule has 0 bridgehead atoms. The molecule has 2 aliphatic rings. The summed E-state index contributed by atoms with van der Waals surface area (Å²) in [5.74, 6) is -0.0531. The van der Waals surface area contributed by atoms with Crippen molar-refractivity contribution in [3.63, 3.8) is 0 Å². The molecule has 1 aliphatic heterocycles. The molecule has 17 heavy (non-hydrogen) atoms. The summed E-state index contributed by atoms with van der Waals surface area (Å²) in [6.45, 7) is 1.27. The predicted molar refractivity (Wildman–Crippen MR) is 55.5 cm³/mol. The number of aliphatic carboxylic acids is 1. The van der Waals surface area contributed by atoms with E-state index < -0.39 is 11.5 Å². The molecule has 7 heteroatoms. The lowest BCUT2D eigenvalue weighted by molar-refractivity contribution is -0.153. The van der Waals surface area contributed by atoms with Gasteiger partial charge in [-0.05, 0) is 36.1 Å². The van der Waals surface area contributed by atoms with E-state index in [0.29, 0.717) is 31.9 Å². The fourth-order valence-corrected chi connectivity index (χ4v) is 2.52. The molecule has 0 aromatic carbocycles. The predicted octanol–water partition coefficient (Wildman–Crippen LogP) is 0.141. The Hall–Kier alpha value is -1.50. The van der Waals surface area contributed by atoms with Gasteiger partial charge in [0.25, 0.3) is 0 Å². The fraction of sp³-hybridized carbons (Fsp3) is 0.800. The zero-order chi connectivity index (χ0) is 11.9. The molecule has 3 rings (SSSR count). The quantitative estimate of drug-likeness (QED) is 0.805. The number of ether oxygens (including phenoxy) is 1. The normalized spacial score (nSPS) is 26.7. The summed E-state index contributed by atoms with van der Waals surface area (Å²) in [7, 11) is 0. The Morgan fingerprint density at radius 1 is 1.53 bits per heavy atom. The van der Waals surface area contributed by atoms with E-state index >= 15 is 0 Å². The van der Waals surface area contributed by atoms with E-state index in [9.17, 15) is 9.90 Å². The van der Waals surface area contributed by atoms with Gasteiger partial charge in [0.2, 0.25) is 0 Å². The number of carbonyl (C=O) groups is 1. The van der Waals surface area contributed by atoms with Gasteiger partial charge >= 0.3 is 5.97 Å². The van der Waals surface area contributed by atoms with Gasteiger partial charge in [0, 0.05) is 12.5 Å². The van der Waals surface area contributed by atoms with Crippen molar-refractivity contribution in [2.75, 3.05) is 13.2 Å². The van der Waals surface area contributed by atoms with Crippen LogP contribution in [0.2, 0.25) is 0 Å². The molecule has 1 saturated carbocycles. The van der Waals surface area contributed by atoms with E-state index in [1.165, 1.54) is 4.68 Å². The van der Waals surface area contributed by atoms with Crippen LogP contribution in [0.4, 0.5) is 0 Å². The van der Waals surface area contributed by atoms with Crippen LogP contribution in [0.3, 0.4) is 0 Å². The molecular formula is C10H14N4O3. The first-order chi connectivity index (χ1) is 8.24. The van der Waals surface area contributed by atoms with Gasteiger partial charge in [-0.1, -0.05) is 0 Å². The van der Waals surface area contributed by atoms with E-state index in [1.807, 2.05) is 0 Å². The first-order valence-electron chi connectivity index (χ1n) is 5.84. The molecule has 1 aliphatic carbocycles. The Morgan fingerprint density at radius 3 is 2.88 bits per heavy atom. The van der Waals surface area contributed by atoms with Gasteiger partial charge < -0.3 is 9.84 Å². The van der Waals surface area contributed by atoms with E-state index in [2.05, 4.69) is 15.5 Å². The van der Waals surface area contributed by atoms with Crippen molar-refractivity contribution in [2.24, 2.45) is 0 Å².